The fraction of sp³-hybridized carbons (Fsp3) is 0.333. The minimum Gasteiger partial charge on any atom is -0.396 e. The van der Waals surface area contributed by atoms with Crippen molar-refractivity contribution in [2.24, 2.45) is 0 Å². The van der Waals surface area contributed by atoms with Gasteiger partial charge in [0.15, 0.2) is 5.11 Å². The van der Waals surface area contributed by atoms with E-state index < -0.39 is 0 Å². The van der Waals surface area contributed by atoms with E-state index in [-0.39, 0.29) is 18.2 Å². The van der Waals surface area contributed by atoms with Crippen LogP contribution in [0.2, 0.25) is 0 Å². The third-order valence-electron chi connectivity index (χ3n) is 5.39. The van der Waals surface area contributed by atoms with Gasteiger partial charge < -0.3 is 20.3 Å². The van der Waals surface area contributed by atoms with Crippen LogP contribution in [0, 0.1) is 13.8 Å². The molecule has 6 heteroatoms. The van der Waals surface area contributed by atoms with Crippen LogP contribution >= 0.6 is 12.2 Å². The summed E-state index contributed by atoms with van der Waals surface area (Å²) in [6, 6.07) is 16.2. The zero-order chi connectivity index (χ0) is 21.7. The molecule has 30 heavy (non-hydrogen) atoms. The van der Waals surface area contributed by atoms with Crippen LogP contribution < -0.4 is 10.9 Å². The fourth-order valence-electron chi connectivity index (χ4n) is 3.56. The van der Waals surface area contributed by atoms with E-state index in [4.69, 9.17) is 12.2 Å². The number of aryl methyl sites for hydroxylation is 2. The molecule has 1 unspecified atom stereocenters. The van der Waals surface area contributed by atoms with Crippen molar-refractivity contribution in [1.29, 1.82) is 0 Å². The number of fused-ring (bicyclic) bond motifs is 1. The summed E-state index contributed by atoms with van der Waals surface area (Å²) >= 11 is 5.67. The number of nitrogens with zero attached hydrogens (tertiary/aromatic N) is 1. The van der Waals surface area contributed by atoms with E-state index in [0.717, 1.165) is 27.6 Å². The quantitative estimate of drug-likeness (QED) is 0.502. The predicted octanol–water partition coefficient (Wildman–Crippen LogP) is 3.97. The average molecular weight is 424 g/mol. The van der Waals surface area contributed by atoms with Crippen molar-refractivity contribution in [3.63, 3.8) is 0 Å². The zero-order valence-corrected chi connectivity index (χ0v) is 18.6. The van der Waals surface area contributed by atoms with Crippen LogP contribution in [0.1, 0.15) is 41.6 Å². The predicted molar refractivity (Wildman–Crippen MR) is 127 cm³/mol. The van der Waals surface area contributed by atoms with Gasteiger partial charge in [0, 0.05) is 24.1 Å². The Balaban J connectivity index is 1.85. The first-order valence-corrected chi connectivity index (χ1v) is 10.6. The number of aromatic nitrogens is 1. The Labute approximate surface area is 182 Å². The number of hydrogen-bond donors (Lipinski definition) is 3. The molecule has 3 rings (SSSR count). The monoisotopic (exact) mass is 423 g/mol. The molecule has 0 aliphatic rings. The number of benzene rings is 2. The Hall–Kier alpha value is -2.70. The van der Waals surface area contributed by atoms with E-state index in [9.17, 15) is 9.90 Å². The van der Waals surface area contributed by atoms with E-state index in [2.05, 4.69) is 35.4 Å². The molecular formula is C24H29N3O2S. The average Bonchev–Trinajstić information content (AvgIpc) is 2.75. The Bertz CT molecular complexity index is 1080. The molecule has 3 N–H and O–H groups in total. The van der Waals surface area contributed by atoms with Gasteiger partial charge in [0.05, 0.1) is 18.1 Å². The zero-order valence-electron chi connectivity index (χ0n) is 17.7. The van der Waals surface area contributed by atoms with E-state index >= 15 is 0 Å². The third kappa shape index (κ3) is 5.07. The van der Waals surface area contributed by atoms with Gasteiger partial charge in [-0.15, -0.1) is 0 Å². The summed E-state index contributed by atoms with van der Waals surface area (Å²) in [4.78, 5) is 17.8. The van der Waals surface area contributed by atoms with Gasteiger partial charge in [-0.1, -0.05) is 42.5 Å². The van der Waals surface area contributed by atoms with Crippen LogP contribution in [0.5, 0.6) is 0 Å². The van der Waals surface area contributed by atoms with E-state index in [1.54, 1.807) is 0 Å². The van der Waals surface area contributed by atoms with Crippen molar-refractivity contribution in [2.75, 3.05) is 13.2 Å². The highest BCUT2D eigenvalue weighted by Crippen LogP contribution is 2.20. The normalized spacial score (nSPS) is 12.0. The van der Waals surface area contributed by atoms with Crippen molar-refractivity contribution >= 4 is 28.2 Å². The minimum atomic E-state index is -0.107. The molecule has 0 fully saturated rings. The van der Waals surface area contributed by atoms with E-state index in [1.807, 2.05) is 49.1 Å². The lowest BCUT2D eigenvalue weighted by Gasteiger charge is -2.28. The maximum atomic E-state index is 12.8. The number of pyridine rings is 1. The van der Waals surface area contributed by atoms with Gasteiger partial charge in [-0.2, -0.15) is 0 Å². The van der Waals surface area contributed by atoms with Crippen LogP contribution in [0.25, 0.3) is 10.9 Å². The number of aliphatic hydroxyl groups excluding tert-OH is 1. The van der Waals surface area contributed by atoms with Gasteiger partial charge in [-0.05, 0) is 62.2 Å². The number of H-pyrrole nitrogens is 1. The highest BCUT2D eigenvalue weighted by atomic mass is 32.1. The minimum absolute atomic E-state index is 0.0371. The molecule has 0 amide bonds. The summed E-state index contributed by atoms with van der Waals surface area (Å²) in [6.45, 7) is 7.11. The lowest BCUT2D eigenvalue weighted by Crippen LogP contribution is -2.42. The van der Waals surface area contributed by atoms with Gasteiger partial charge in [0.1, 0.15) is 0 Å². The van der Waals surface area contributed by atoms with Gasteiger partial charge in [-0.25, -0.2) is 0 Å². The largest absolute Gasteiger partial charge is 0.396 e. The van der Waals surface area contributed by atoms with Gasteiger partial charge in [0.25, 0.3) is 5.56 Å². The molecule has 0 saturated heterocycles. The van der Waals surface area contributed by atoms with Crippen molar-refractivity contribution < 1.29 is 5.11 Å². The van der Waals surface area contributed by atoms with Crippen LogP contribution in [0.15, 0.2) is 53.3 Å². The second-order valence-corrected chi connectivity index (χ2v) is 8.08. The summed E-state index contributed by atoms with van der Waals surface area (Å²) in [7, 11) is 0. The number of aromatic amines is 1. The smallest absolute Gasteiger partial charge is 0.253 e. The Morgan fingerprint density at radius 2 is 1.87 bits per heavy atom. The number of rotatable bonds is 7. The molecule has 2 aromatic carbocycles. The SMILES string of the molecule is Cc1ccc(C)c2[nH]c(=O)c(CN(CCCO)C(=S)NC(C)c3ccccc3)cc12. The molecular weight excluding hydrogens is 394 g/mol. The van der Waals surface area contributed by atoms with Crippen LogP contribution in [-0.4, -0.2) is 33.3 Å². The molecule has 0 aliphatic carbocycles. The fourth-order valence-corrected chi connectivity index (χ4v) is 3.89. The first-order chi connectivity index (χ1) is 14.4. The molecule has 1 aromatic heterocycles. The molecule has 1 atom stereocenters. The molecule has 0 radical (unpaired) electrons. The van der Waals surface area contributed by atoms with Crippen LogP contribution in [0.3, 0.4) is 0 Å². The lowest BCUT2D eigenvalue weighted by atomic mass is 10.0. The molecule has 0 saturated carbocycles. The topological polar surface area (TPSA) is 68.4 Å². The molecule has 5 nitrogen and oxygen atoms in total. The Morgan fingerprint density at radius 1 is 1.17 bits per heavy atom. The van der Waals surface area contributed by atoms with Crippen molar-refractivity contribution in [3.8, 4) is 0 Å². The number of hydrogen-bond acceptors (Lipinski definition) is 3. The first-order valence-electron chi connectivity index (χ1n) is 10.2. The standard InChI is InChI=1S/C24H29N3O2S/c1-16-10-11-17(2)22-21(16)14-20(23(29)26-22)15-27(12-7-13-28)24(30)25-18(3)19-8-5-4-6-9-19/h4-6,8-11,14,18,28H,7,12-13,15H2,1-3H3,(H,25,30)(H,26,29). The van der Waals surface area contributed by atoms with Gasteiger partial charge in [0.2, 0.25) is 0 Å². The second kappa shape index (κ2) is 9.87. The summed E-state index contributed by atoms with van der Waals surface area (Å²) in [6.07, 6.45) is 0.575. The summed E-state index contributed by atoms with van der Waals surface area (Å²) in [5, 5.41) is 14.3. The highest BCUT2D eigenvalue weighted by molar-refractivity contribution is 7.80. The number of aliphatic hydroxyl groups is 1. The maximum absolute atomic E-state index is 12.8. The van der Waals surface area contributed by atoms with E-state index in [1.165, 1.54) is 0 Å². The van der Waals surface area contributed by atoms with Crippen molar-refractivity contribution in [3.05, 3.63) is 81.1 Å². The lowest BCUT2D eigenvalue weighted by molar-refractivity contribution is 0.263. The number of thiocarbonyl (C=S) groups is 1. The van der Waals surface area contributed by atoms with Crippen LogP contribution in [-0.2, 0) is 6.54 Å². The van der Waals surface area contributed by atoms with Gasteiger partial charge >= 0.3 is 0 Å². The third-order valence-corrected chi connectivity index (χ3v) is 5.77. The molecule has 0 aliphatic heterocycles. The molecule has 3 aromatic rings. The van der Waals surface area contributed by atoms with Crippen LogP contribution in [0.4, 0.5) is 0 Å². The van der Waals surface area contributed by atoms with Gasteiger partial charge in [-0.3, -0.25) is 4.79 Å². The maximum Gasteiger partial charge on any atom is 0.253 e. The van der Waals surface area contributed by atoms with E-state index in [0.29, 0.717) is 30.2 Å². The molecule has 0 spiro atoms. The molecule has 0 bridgehead atoms. The Kier molecular flexibility index (Phi) is 7.24. The van der Waals surface area contributed by atoms with Crippen molar-refractivity contribution in [1.82, 2.24) is 15.2 Å². The summed E-state index contributed by atoms with van der Waals surface area (Å²) in [5.74, 6) is 0. The Morgan fingerprint density at radius 3 is 2.57 bits per heavy atom. The summed E-state index contributed by atoms with van der Waals surface area (Å²) in [5.41, 5.74) is 4.73. The molecule has 1 heterocycles. The second-order valence-electron chi connectivity index (χ2n) is 7.69. The highest BCUT2D eigenvalue weighted by Gasteiger charge is 2.16. The molecule has 158 valence electrons. The number of nitrogens with one attached hydrogen (secondary N) is 2. The first kappa shape index (κ1) is 22.0. The van der Waals surface area contributed by atoms with Crippen molar-refractivity contribution in [2.45, 2.75) is 39.8 Å². The summed E-state index contributed by atoms with van der Waals surface area (Å²) < 4.78 is 0.